The number of rotatable bonds is 8. The molecule has 3 heterocycles. The number of aromatic nitrogens is 6. The molecular formula is C28H27N7. The van der Waals surface area contributed by atoms with Crippen molar-refractivity contribution < 1.29 is 0 Å². The second-order valence-electron chi connectivity index (χ2n) is 8.45. The minimum Gasteiger partial charge on any atom is -0.350 e. The first-order valence-corrected chi connectivity index (χ1v) is 11.8. The summed E-state index contributed by atoms with van der Waals surface area (Å²) in [6.07, 6.45) is 2.81. The molecule has 0 aliphatic rings. The first-order valence-electron chi connectivity index (χ1n) is 11.8. The van der Waals surface area contributed by atoms with Crippen molar-refractivity contribution in [2.45, 2.75) is 33.4 Å². The van der Waals surface area contributed by atoms with Gasteiger partial charge < -0.3 is 5.32 Å². The zero-order valence-electron chi connectivity index (χ0n) is 19.9. The summed E-state index contributed by atoms with van der Waals surface area (Å²) in [6.45, 7) is 5.36. The van der Waals surface area contributed by atoms with E-state index in [9.17, 15) is 0 Å². The molecule has 0 radical (unpaired) electrons. The molecule has 0 bridgehead atoms. The average Bonchev–Trinajstić information content (AvgIpc) is 3.36. The molecule has 7 nitrogen and oxygen atoms in total. The predicted octanol–water partition coefficient (Wildman–Crippen LogP) is 5.33. The quantitative estimate of drug-likeness (QED) is 0.336. The molecule has 35 heavy (non-hydrogen) atoms. The van der Waals surface area contributed by atoms with Crippen LogP contribution in [0.4, 0.5) is 5.95 Å². The van der Waals surface area contributed by atoms with E-state index in [0.717, 1.165) is 34.6 Å². The van der Waals surface area contributed by atoms with Crippen LogP contribution in [0.25, 0.3) is 22.6 Å². The van der Waals surface area contributed by atoms with Crippen LogP contribution in [0.3, 0.4) is 0 Å². The summed E-state index contributed by atoms with van der Waals surface area (Å²) < 4.78 is 1.79. The van der Waals surface area contributed by atoms with Crippen LogP contribution < -0.4 is 5.32 Å². The average molecular weight is 462 g/mol. The Morgan fingerprint density at radius 1 is 0.771 bits per heavy atom. The molecule has 0 aliphatic carbocycles. The Morgan fingerprint density at radius 2 is 1.57 bits per heavy atom. The normalized spacial score (nSPS) is 10.9. The first-order chi connectivity index (χ1) is 17.2. The van der Waals surface area contributed by atoms with Gasteiger partial charge in [-0.15, -0.1) is 5.10 Å². The van der Waals surface area contributed by atoms with Gasteiger partial charge in [0.1, 0.15) is 5.69 Å². The third-order valence-corrected chi connectivity index (χ3v) is 5.69. The summed E-state index contributed by atoms with van der Waals surface area (Å²) in [4.78, 5) is 14.2. The van der Waals surface area contributed by atoms with E-state index in [0.29, 0.717) is 30.4 Å². The summed E-state index contributed by atoms with van der Waals surface area (Å²) >= 11 is 0. The zero-order chi connectivity index (χ0) is 24.0. The summed E-state index contributed by atoms with van der Waals surface area (Å²) in [5, 5.41) is 12.1. The topological polar surface area (TPSA) is 81.4 Å². The van der Waals surface area contributed by atoms with Crippen molar-refractivity contribution in [3.8, 4) is 22.6 Å². The largest absolute Gasteiger partial charge is 0.350 e. The molecule has 5 aromatic rings. The van der Waals surface area contributed by atoms with Gasteiger partial charge >= 0.3 is 0 Å². The fraction of sp³-hybridized carbons (Fsp3) is 0.179. The lowest BCUT2D eigenvalue weighted by molar-refractivity contribution is 0.636. The second-order valence-corrected chi connectivity index (χ2v) is 8.45. The van der Waals surface area contributed by atoms with Crippen molar-refractivity contribution in [1.82, 2.24) is 29.9 Å². The molecule has 0 unspecified atom stereocenters. The summed E-state index contributed by atoms with van der Waals surface area (Å²) in [6, 6.07) is 26.5. The van der Waals surface area contributed by atoms with Crippen molar-refractivity contribution in [1.29, 1.82) is 0 Å². The monoisotopic (exact) mass is 461 g/mol. The maximum Gasteiger partial charge on any atom is 0.224 e. The molecule has 0 aliphatic heterocycles. The van der Waals surface area contributed by atoms with Crippen molar-refractivity contribution in [3.63, 3.8) is 0 Å². The number of nitrogens with zero attached hydrogens (tertiary/aromatic N) is 6. The summed E-state index contributed by atoms with van der Waals surface area (Å²) in [5.74, 6) is 0.551. The Hall–Kier alpha value is -4.39. The minimum atomic E-state index is 0.551. The number of aryl methyl sites for hydroxylation is 2. The van der Waals surface area contributed by atoms with Crippen molar-refractivity contribution in [2.24, 2.45) is 0 Å². The van der Waals surface area contributed by atoms with Gasteiger partial charge in [0.2, 0.25) is 5.95 Å². The minimum absolute atomic E-state index is 0.551. The van der Waals surface area contributed by atoms with E-state index < -0.39 is 0 Å². The highest BCUT2D eigenvalue weighted by molar-refractivity contribution is 5.67. The molecule has 1 N–H and O–H groups in total. The summed E-state index contributed by atoms with van der Waals surface area (Å²) in [7, 11) is 0. The van der Waals surface area contributed by atoms with E-state index in [1.54, 1.807) is 4.68 Å². The van der Waals surface area contributed by atoms with Gasteiger partial charge in [0.05, 0.1) is 29.8 Å². The number of pyridine rings is 1. The third kappa shape index (κ3) is 5.58. The molecule has 0 spiro atoms. The van der Waals surface area contributed by atoms with Gasteiger partial charge in [-0.05, 0) is 43.2 Å². The highest BCUT2D eigenvalue weighted by Crippen LogP contribution is 2.25. The SMILES string of the molecule is CCc1cccc(Cn2cc(-c3cc(-c4cccc(C)c4)nc(NCc4ccccc4)n3)nn2)n1. The van der Waals surface area contributed by atoms with Crippen LogP contribution in [0.5, 0.6) is 0 Å². The molecule has 5 rings (SSSR count). The van der Waals surface area contributed by atoms with Crippen molar-refractivity contribution >= 4 is 5.95 Å². The van der Waals surface area contributed by atoms with Crippen LogP contribution >= 0.6 is 0 Å². The molecule has 0 amide bonds. The lowest BCUT2D eigenvalue weighted by atomic mass is 10.1. The molecule has 0 fully saturated rings. The van der Waals surface area contributed by atoms with Gasteiger partial charge in [0, 0.05) is 17.8 Å². The molecule has 0 saturated heterocycles. The molecule has 2 aromatic carbocycles. The van der Waals surface area contributed by atoms with Gasteiger partial charge in [-0.1, -0.05) is 72.3 Å². The Labute approximate surface area is 204 Å². The van der Waals surface area contributed by atoms with Crippen LogP contribution in [0.15, 0.2) is 85.1 Å². The lowest BCUT2D eigenvalue weighted by Gasteiger charge is -2.10. The maximum absolute atomic E-state index is 4.79. The fourth-order valence-electron chi connectivity index (χ4n) is 3.86. The van der Waals surface area contributed by atoms with Crippen LogP contribution in [-0.4, -0.2) is 29.9 Å². The molecule has 0 atom stereocenters. The Bertz CT molecular complexity index is 1430. The fourth-order valence-corrected chi connectivity index (χ4v) is 3.86. The van der Waals surface area contributed by atoms with E-state index >= 15 is 0 Å². The van der Waals surface area contributed by atoms with Crippen molar-refractivity contribution in [2.75, 3.05) is 5.32 Å². The maximum atomic E-state index is 4.79. The van der Waals surface area contributed by atoms with Crippen molar-refractivity contribution in [3.05, 3.63) is 108 Å². The van der Waals surface area contributed by atoms with Crippen LogP contribution in [0.2, 0.25) is 0 Å². The third-order valence-electron chi connectivity index (χ3n) is 5.69. The van der Waals surface area contributed by atoms with Crippen LogP contribution in [0.1, 0.15) is 29.4 Å². The molecule has 174 valence electrons. The second kappa shape index (κ2) is 10.3. The Kier molecular flexibility index (Phi) is 6.57. The van der Waals surface area contributed by atoms with Crippen LogP contribution in [-0.2, 0) is 19.5 Å². The van der Waals surface area contributed by atoms with Crippen LogP contribution in [0, 0.1) is 6.92 Å². The number of anilines is 1. The van der Waals surface area contributed by atoms with E-state index in [1.807, 2.05) is 54.7 Å². The number of hydrogen-bond donors (Lipinski definition) is 1. The molecule has 0 saturated carbocycles. The van der Waals surface area contributed by atoms with Gasteiger partial charge in [-0.3, -0.25) is 4.98 Å². The van der Waals surface area contributed by atoms with E-state index in [-0.39, 0.29) is 0 Å². The van der Waals surface area contributed by atoms with Gasteiger partial charge in [0.25, 0.3) is 0 Å². The zero-order valence-corrected chi connectivity index (χ0v) is 19.9. The number of benzene rings is 2. The first kappa shape index (κ1) is 22.4. The number of nitrogens with one attached hydrogen (secondary N) is 1. The highest BCUT2D eigenvalue weighted by Gasteiger charge is 2.13. The highest BCUT2D eigenvalue weighted by atomic mass is 15.4. The van der Waals surface area contributed by atoms with E-state index in [4.69, 9.17) is 9.97 Å². The predicted molar refractivity (Wildman–Crippen MR) is 138 cm³/mol. The molecular weight excluding hydrogens is 434 g/mol. The lowest BCUT2D eigenvalue weighted by Crippen LogP contribution is -2.05. The van der Waals surface area contributed by atoms with Gasteiger partial charge in [-0.25, -0.2) is 14.6 Å². The number of hydrogen-bond acceptors (Lipinski definition) is 6. The van der Waals surface area contributed by atoms with Gasteiger partial charge in [-0.2, -0.15) is 0 Å². The summed E-state index contributed by atoms with van der Waals surface area (Å²) in [5.41, 5.74) is 7.63. The molecule has 3 aromatic heterocycles. The smallest absolute Gasteiger partial charge is 0.224 e. The van der Waals surface area contributed by atoms with E-state index in [1.165, 1.54) is 5.56 Å². The van der Waals surface area contributed by atoms with E-state index in [2.05, 4.69) is 64.8 Å². The Morgan fingerprint density at radius 3 is 2.40 bits per heavy atom. The van der Waals surface area contributed by atoms with Gasteiger partial charge in [0.15, 0.2) is 0 Å². The molecule has 7 heteroatoms. The Balaban J connectivity index is 1.46. The standard InChI is InChI=1S/C28H27N7/c1-3-23-13-8-14-24(30-23)18-35-19-27(33-34-35)26-16-25(22-12-7-9-20(2)15-22)31-28(32-26)29-17-21-10-5-4-6-11-21/h4-16,19H,3,17-18H2,1-2H3,(H,29,31,32).